The average molecular weight is 287 g/mol. The van der Waals surface area contributed by atoms with Crippen LogP contribution in [0.2, 0.25) is 0 Å². The fraction of sp³-hybridized carbons (Fsp3) is 0.692. The molecule has 0 spiro atoms. The maximum atomic E-state index is 12.1. The number of rotatable bonds is 4. The van der Waals surface area contributed by atoms with Crippen molar-refractivity contribution in [1.29, 1.82) is 0 Å². The van der Waals surface area contributed by atoms with Crippen molar-refractivity contribution in [3.05, 3.63) is 16.1 Å². The van der Waals surface area contributed by atoms with Gasteiger partial charge in [-0.2, -0.15) is 0 Å². The third-order valence-corrected chi connectivity index (χ3v) is 4.75. The van der Waals surface area contributed by atoms with Crippen LogP contribution in [-0.4, -0.2) is 28.9 Å². The van der Waals surface area contributed by atoms with E-state index in [1.54, 1.807) is 0 Å². The Morgan fingerprint density at radius 1 is 1.56 bits per heavy atom. The first-order valence-corrected chi connectivity index (χ1v) is 7.91. The summed E-state index contributed by atoms with van der Waals surface area (Å²) >= 11 is 7.23. The number of halogens is 1. The van der Waals surface area contributed by atoms with E-state index in [9.17, 15) is 4.79 Å². The summed E-state index contributed by atoms with van der Waals surface area (Å²) < 4.78 is 0. The molecule has 1 aromatic heterocycles. The molecule has 100 valence electrons. The van der Waals surface area contributed by atoms with E-state index in [0.29, 0.717) is 12.3 Å². The minimum Gasteiger partial charge on any atom is -0.342 e. The quantitative estimate of drug-likeness (QED) is 0.797. The SMILES string of the molecule is CCC1CCN(C(=O)Cc2nc(CCl)cs2)CC1. The van der Waals surface area contributed by atoms with Crippen molar-refractivity contribution >= 4 is 28.8 Å². The van der Waals surface area contributed by atoms with Gasteiger partial charge in [-0.25, -0.2) is 4.98 Å². The Morgan fingerprint density at radius 2 is 2.28 bits per heavy atom. The van der Waals surface area contributed by atoms with Crippen molar-refractivity contribution in [2.45, 2.75) is 38.5 Å². The summed E-state index contributed by atoms with van der Waals surface area (Å²) in [6.07, 6.45) is 3.95. The molecule has 0 atom stereocenters. The van der Waals surface area contributed by atoms with Crippen LogP contribution in [0.1, 0.15) is 36.9 Å². The van der Waals surface area contributed by atoms with Crippen LogP contribution < -0.4 is 0 Å². The zero-order valence-electron chi connectivity index (χ0n) is 10.7. The lowest BCUT2D eigenvalue weighted by Gasteiger charge is -2.31. The Balaban J connectivity index is 1.85. The molecule has 1 amide bonds. The molecule has 0 bridgehead atoms. The lowest BCUT2D eigenvalue weighted by Crippen LogP contribution is -2.39. The van der Waals surface area contributed by atoms with Crippen LogP contribution in [0, 0.1) is 5.92 Å². The van der Waals surface area contributed by atoms with Gasteiger partial charge in [0.1, 0.15) is 5.01 Å². The largest absolute Gasteiger partial charge is 0.342 e. The summed E-state index contributed by atoms with van der Waals surface area (Å²) in [5.41, 5.74) is 0.870. The molecule has 0 radical (unpaired) electrons. The Hall–Kier alpha value is -0.610. The second-order valence-electron chi connectivity index (χ2n) is 4.78. The standard InChI is InChI=1S/C13H19ClN2OS/c1-2-10-3-5-16(6-4-10)13(17)7-12-15-11(8-14)9-18-12/h9-10H,2-8H2,1H3. The van der Waals surface area contributed by atoms with Gasteiger partial charge < -0.3 is 4.90 Å². The zero-order valence-corrected chi connectivity index (χ0v) is 12.3. The number of likely N-dealkylation sites (tertiary alicyclic amines) is 1. The Labute approximate surface area is 117 Å². The number of hydrogen-bond acceptors (Lipinski definition) is 3. The molecule has 1 saturated heterocycles. The fourth-order valence-electron chi connectivity index (χ4n) is 2.32. The van der Waals surface area contributed by atoms with Crippen LogP contribution in [0.3, 0.4) is 0 Å². The van der Waals surface area contributed by atoms with E-state index in [1.807, 2.05) is 10.3 Å². The predicted molar refractivity (Wildman–Crippen MR) is 75.0 cm³/mol. The van der Waals surface area contributed by atoms with Gasteiger partial charge in [0.25, 0.3) is 0 Å². The van der Waals surface area contributed by atoms with E-state index >= 15 is 0 Å². The average Bonchev–Trinajstić information content (AvgIpc) is 2.86. The van der Waals surface area contributed by atoms with E-state index in [4.69, 9.17) is 11.6 Å². The molecule has 0 unspecified atom stereocenters. The summed E-state index contributed by atoms with van der Waals surface area (Å²) in [7, 11) is 0. The van der Waals surface area contributed by atoms with Gasteiger partial charge in [0.05, 0.1) is 18.0 Å². The number of hydrogen-bond donors (Lipinski definition) is 0. The molecule has 0 saturated carbocycles. The minimum atomic E-state index is 0.208. The highest BCUT2D eigenvalue weighted by Crippen LogP contribution is 2.21. The van der Waals surface area contributed by atoms with Gasteiger partial charge >= 0.3 is 0 Å². The topological polar surface area (TPSA) is 33.2 Å². The van der Waals surface area contributed by atoms with Crippen LogP contribution in [-0.2, 0) is 17.1 Å². The molecule has 2 rings (SSSR count). The zero-order chi connectivity index (χ0) is 13.0. The van der Waals surface area contributed by atoms with Gasteiger partial charge in [0.15, 0.2) is 0 Å². The molecule has 1 aromatic rings. The second kappa shape index (κ2) is 6.53. The van der Waals surface area contributed by atoms with Crippen molar-refractivity contribution < 1.29 is 4.79 Å². The number of piperidine rings is 1. The number of amides is 1. The van der Waals surface area contributed by atoms with Gasteiger partial charge in [0.2, 0.25) is 5.91 Å². The lowest BCUT2D eigenvalue weighted by molar-refractivity contribution is -0.131. The van der Waals surface area contributed by atoms with Crippen molar-refractivity contribution in [1.82, 2.24) is 9.88 Å². The molecule has 1 aliphatic rings. The van der Waals surface area contributed by atoms with Crippen molar-refractivity contribution in [2.24, 2.45) is 5.92 Å². The van der Waals surface area contributed by atoms with Gasteiger partial charge in [-0.15, -0.1) is 22.9 Å². The number of alkyl halides is 1. The summed E-state index contributed by atoms with van der Waals surface area (Å²) in [5, 5.41) is 2.81. The summed E-state index contributed by atoms with van der Waals surface area (Å²) in [6, 6.07) is 0. The van der Waals surface area contributed by atoms with Crippen LogP contribution in [0.25, 0.3) is 0 Å². The summed E-state index contributed by atoms with van der Waals surface area (Å²) in [4.78, 5) is 18.4. The third-order valence-electron chi connectivity index (χ3n) is 3.58. The molecule has 18 heavy (non-hydrogen) atoms. The molecule has 2 heterocycles. The fourth-order valence-corrected chi connectivity index (χ4v) is 3.34. The number of aromatic nitrogens is 1. The lowest BCUT2D eigenvalue weighted by atomic mass is 9.94. The Bertz CT molecular complexity index is 399. The number of carbonyl (C=O) groups is 1. The predicted octanol–water partition coefficient (Wildman–Crippen LogP) is 3.07. The normalized spacial score (nSPS) is 17.1. The molecule has 1 fully saturated rings. The van der Waals surface area contributed by atoms with Crippen LogP contribution in [0.5, 0.6) is 0 Å². The molecular weight excluding hydrogens is 268 g/mol. The summed E-state index contributed by atoms with van der Waals surface area (Å²) in [5.74, 6) is 1.43. The molecule has 0 aliphatic carbocycles. The highest BCUT2D eigenvalue weighted by atomic mass is 35.5. The maximum Gasteiger partial charge on any atom is 0.229 e. The van der Waals surface area contributed by atoms with E-state index in [2.05, 4.69) is 11.9 Å². The smallest absolute Gasteiger partial charge is 0.229 e. The van der Waals surface area contributed by atoms with Crippen LogP contribution in [0.15, 0.2) is 5.38 Å². The Kier molecular flexibility index (Phi) is 5.01. The van der Waals surface area contributed by atoms with Crippen molar-refractivity contribution in [3.63, 3.8) is 0 Å². The van der Waals surface area contributed by atoms with E-state index in [-0.39, 0.29) is 5.91 Å². The number of carbonyl (C=O) groups excluding carboxylic acids is 1. The molecule has 0 aromatic carbocycles. The highest BCUT2D eigenvalue weighted by Gasteiger charge is 2.22. The first-order chi connectivity index (χ1) is 8.72. The van der Waals surface area contributed by atoms with Gasteiger partial charge in [-0.05, 0) is 18.8 Å². The molecular formula is C13H19ClN2OS. The van der Waals surface area contributed by atoms with Crippen LogP contribution in [0.4, 0.5) is 0 Å². The van der Waals surface area contributed by atoms with Gasteiger partial charge in [-0.1, -0.05) is 13.3 Å². The van der Waals surface area contributed by atoms with Gasteiger partial charge in [0, 0.05) is 18.5 Å². The van der Waals surface area contributed by atoms with E-state index in [0.717, 1.165) is 42.6 Å². The van der Waals surface area contributed by atoms with Crippen molar-refractivity contribution in [2.75, 3.05) is 13.1 Å². The Morgan fingerprint density at radius 3 is 2.83 bits per heavy atom. The maximum absolute atomic E-state index is 12.1. The number of nitrogens with zero attached hydrogens (tertiary/aromatic N) is 2. The third kappa shape index (κ3) is 3.45. The molecule has 5 heteroatoms. The minimum absolute atomic E-state index is 0.208. The van der Waals surface area contributed by atoms with Gasteiger partial charge in [-0.3, -0.25) is 4.79 Å². The molecule has 3 nitrogen and oxygen atoms in total. The summed E-state index contributed by atoms with van der Waals surface area (Å²) in [6.45, 7) is 4.04. The number of thiazole rings is 1. The van der Waals surface area contributed by atoms with Crippen molar-refractivity contribution in [3.8, 4) is 0 Å². The first-order valence-electron chi connectivity index (χ1n) is 6.50. The first kappa shape index (κ1) is 13.8. The molecule has 0 N–H and O–H groups in total. The monoisotopic (exact) mass is 286 g/mol. The highest BCUT2D eigenvalue weighted by molar-refractivity contribution is 7.09. The van der Waals surface area contributed by atoms with E-state index < -0.39 is 0 Å². The molecule has 1 aliphatic heterocycles. The second-order valence-corrected chi connectivity index (χ2v) is 5.99. The van der Waals surface area contributed by atoms with E-state index in [1.165, 1.54) is 17.8 Å². The van der Waals surface area contributed by atoms with Crippen LogP contribution >= 0.6 is 22.9 Å².